The normalized spacial score (nSPS) is 10.6. The number of ether oxygens (including phenoxy) is 1. The highest BCUT2D eigenvalue weighted by molar-refractivity contribution is 5.27. The number of aliphatic imine (C=N–C) groups is 1. The van der Waals surface area contributed by atoms with Gasteiger partial charge in [-0.05, 0) is 19.7 Å². The fourth-order valence-corrected chi connectivity index (χ4v) is 0.406. The molecule has 2 nitrogen and oxygen atoms in total. The minimum atomic E-state index is 0.632. The zero-order valence-corrected chi connectivity index (χ0v) is 5.63. The lowest BCUT2D eigenvalue weighted by atomic mass is 10.5. The quantitative estimate of drug-likeness (QED) is 0.318. The molecule has 0 rings (SSSR count). The summed E-state index contributed by atoms with van der Waals surface area (Å²) < 4.78 is 5.04. The molecule has 0 bridgehead atoms. The van der Waals surface area contributed by atoms with Crippen LogP contribution in [0.4, 0.5) is 0 Å². The minimum absolute atomic E-state index is 0.632. The van der Waals surface area contributed by atoms with Crippen LogP contribution in [0.25, 0.3) is 0 Å². The van der Waals surface area contributed by atoms with E-state index in [1.165, 1.54) is 6.20 Å². The van der Waals surface area contributed by atoms with E-state index >= 15 is 0 Å². The fraction of sp³-hybridized carbons (Fsp3) is 0.286. The Balaban J connectivity index is 3.80. The third kappa shape index (κ3) is 3.53. The lowest BCUT2D eigenvalue weighted by molar-refractivity contribution is 0.242. The molecule has 0 N–H and O–H groups in total. The maximum absolute atomic E-state index is 5.04. The van der Waals surface area contributed by atoms with Crippen LogP contribution in [0.5, 0.6) is 0 Å². The van der Waals surface area contributed by atoms with Crippen molar-refractivity contribution >= 4 is 6.72 Å². The SMILES string of the molecule is C=C/C(=C\N=C)OCC. The Morgan fingerprint density at radius 1 is 1.78 bits per heavy atom. The Labute approximate surface area is 55.6 Å². The van der Waals surface area contributed by atoms with E-state index in [0.29, 0.717) is 12.4 Å². The molecule has 50 valence electrons. The van der Waals surface area contributed by atoms with Gasteiger partial charge < -0.3 is 4.74 Å². The molecule has 0 saturated carbocycles. The van der Waals surface area contributed by atoms with Gasteiger partial charge in [-0.25, -0.2) is 0 Å². The molecule has 0 saturated heterocycles. The monoisotopic (exact) mass is 125 g/mol. The van der Waals surface area contributed by atoms with Gasteiger partial charge in [0.1, 0.15) is 5.76 Å². The first-order valence-electron chi connectivity index (χ1n) is 2.76. The Morgan fingerprint density at radius 3 is 2.78 bits per heavy atom. The molecule has 0 amide bonds. The standard InChI is InChI=1S/C7H11NO/c1-4-7(6-8-3)9-5-2/h4,6H,1,3,5H2,2H3/b7-6+. The number of hydrogen-bond acceptors (Lipinski definition) is 2. The fourth-order valence-electron chi connectivity index (χ4n) is 0.406. The molecule has 9 heavy (non-hydrogen) atoms. The van der Waals surface area contributed by atoms with E-state index in [2.05, 4.69) is 18.3 Å². The van der Waals surface area contributed by atoms with Gasteiger partial charge >= 0.3 is 0 Å². The van der Waals surface area contributed by atoms with Crippen molar-refractivity contribution in [2.75, 3.05) is 6.61 Å². The van der Waals surface area contributed by atoms with Crippen molar-refractivity contribution in [1.82, 2.24) is 0 Å². The van der Waals surface area contributed by atoms with Crippen LogP contribution in [0, 0.1) is 0 Å². The Morgan fingerprint density at radius 2 is 2.44 bits per heavy atom. The number of hydrogen-bond donors (Lipinski definition) is 0. The van der Waals surface area contributed by atoms with Crippen LogP contribution in [0.15, 0.2) is 29.6 Å². The first-order valence-corrected chi connectivity index (χ1v) is 2.76. The predicted molar refractivity (Wildman–Crippen MR) is 39.5 cm³/mol. The van der Waals surface area contributed by atoms with Gasteiger partial charge in [-0.15, -0.1) is 0 Å². The smallest absolute Gasteiger partial charge is 0.136 e. The summed E-state index contributed by atoms with van der Waals surface area (Å²) in [6.07, 6.45) is 3.12. The Kier molecular flexibility index (Phi) is 4.50. The van der Waals surface area contributed by atoms with Crippen LogP contribution in [0.3, 0.4) is 0 Å². The second kappa shape index (κ2) is 5.09. The van der Waals surface area contributed by atoms with Crippen LogP contribution in [0.2, 0.25) is 0 Å². The maximum atomic E-state index is 5.04. The van der Waals surface area contributed by atoms with Crippen molar-refractivity contribution in [1.29, 1.82) is 0 Å². The molecule has 0 radical (unpaired) electrons. The van der Waals surface area contributed by atoms with E-state index in [9.17, 15) is 0 Å². The van der Waals surface area contributed by atoms with E-state index in [4.69, 9.17) is 4.74 Å². The minimum Gasteiger partial charge on any atom is -0.492 e. The predicted octanol–water partition coefficient (Wildman–Crippen LogP) is 1.75. The number of allylic oxidation sites excluding steroid dienone is 1. The molecule has 0 heterocycles. The molecule has 0 aromatic heterocycles. The maximum Gasteiger partial charge on any atom is 0.136 e. The van der Waals surface area contributed by atoms with Crippen molar-refractivity contribution in [2.24, 2.45) is 4.99 Å². The van der Waals surface area contributed by atoms with Crippen LogP contribution < -0.4 is 0 Å². The molecule has 0 aliphatic heterocycles. The lowest BCUT2D eigenvalue weighted by Crippen LogP contribution is -1.85. The molecule has 0 aromatic rings. The summed E-state index contributed by atoms with van der Waals surface area (Å²) in [4.78, 5) is 3.52. The second-order valence-corrected chi connectivity index (χ2v) is 1.35. The van der Waals surface area contributed by atoms with Crippen molar-refractivity contribution in [2.45, 2.75) is 6.92 Å². The molecule has 0 aromatic carbocycles. The third-order valence-electron chi connectivity index (χ3n) is 0.731. The summed E-state index contributed by atoms with van der Waals surface area (Å²) in [6.45, 7) is 9.33. The highest BCUT2D eigenvalue weighted by Gasteiger charge is 1.84. The first-order chi connectivity index (χ1) is 4.35. The average Bonchev–Trinajstić information content (AvgIpc) is 1.88. The molecular weight excluding hydrogens is 114 g/mol. The van der Waals surface area contributed by atoms with E-state index < -0.39 is 0 Å². The van der Waals surface area contributed by atoms with Gasteiger partial charge in [-0.3, -0.25) is 4.99 Å². The topological polar surface area (TPSA) is 21.6 Å². The molecule has 0 aliphatic rings. The van der Waals surface area contributed by atoms with Gasteiger partial charge in [0.25, 0.3) is 0 Å². The molecular formula is C7H11NO. The van der Waals surface area contributed by atoms with Crippen molar-refractivity contribution in [3.63, 3.8) is 0 Å². The summed E-state index contributed by atoms with van der Waals surface area (Å²) >= 11 is 0. The summed E-state index contributed by atoms with van der Waals surface area (Å²) in [7, 11) is 0. The lowest BCUT2D eigenvalue weighted by Gasteiger charge is -1.99. The molecule has 2 heteroatoms. The van der Waals surface area contributed by atoms with Gasteiger partial charge in [0.05, 0.1) is 12.8 Å². The number of rotatable bonds is 4. The van der Waals surface area contributed by atoms with Crippen molar-refractivity contribution < 1.29 is 4.74 Å². The van der Waals surface area contributed by atoms with Crippen molar-refractivity contribution in [3.8, 4) is 0 Å². The van der Waals surface area contributed by atoms with Gasteiger partial charge in [0.2, 0.25) is 0 Å². The Hall–Kier alpha value is -1.05. The molecule has 0 fully saturated rings. The van der Waals surface area contributed by atoms with E-state index in [-0.39, 0.29) is 0 Å². The highest BCUT2D eigenvalue weighted by atomic mass is 16.5. The molecule has 0 aliphatic carbocycles. The summed E-state index contributed by atoms with van der Waals surface area (Å²) in [5.74, 6) is 0.660. The zero-order chi connectivity index (χ0) is 7.11. The van der Waals surface area contributed by atoms with Crippen LogP contribution in [-0.4, -0.2) is 13.3 Å². The average molecular weight is 125 g/mol. The van der Waals surface area contributed by atoms with E-state index in [1.807, 2.05) is 6.92 Å². The van der Waals surface area contributed by atoms with Gasteiger partial charge in [-0.2, -0.15) is 0 Å². The zero-order valence-electron chi connectivity index (χ0n) is 5.63. The van der Waals surface area contributed by atoms with Gasteiger partial charge in [-0.1, -0.05) is 6.58 Å². The van der Waals surface area contributed by atoms with E-state index in [1.54, 1.807) is 6.08 Å². The first kappa shape index (κ1) is 7.95. The van der Waals surface area contributed by atoms with Gasteiger partial charge in [0.15, 0.2) is 0 Å². The Bertz CT molecular complexity index is 127. The van der Waals surface area contributed by atoms with Crippen molar-refractivity contribution in [3.05, 3.63) is 24.6 Å². The summed E-state index contributed by atoms with van der Waals surface area (Å²) in [5.41, 5.74) is 0. The highest BCUT2D eigenvalue weighted by Crippen LogP contribution is 1.96. The van der Waals surface area contributed by atoms with Crippen LogP contribution >= 0.6 is 0 Å². The van der Waals surface area contributed by atoms with Gasteiger partial charge in [0, 0.05) is 0 Å². The van der Waals surface area contributed by atoms with Crippen LogP contribution in [0.1, 0.15) is 6.92 Å². The third-order valence-corrected chi connectivity index (χ3v) is 0.731. The largest absolute Gasteiger partial charge is 0.492 e. The number of nitrogens with zero attached hydrogens (tertiary/aromatic N) is 1. The molecule has 0 spiro atoms. The van der Waals surface area contributed by atoms with E-state index in [0.717, 1.165) is 0 Å². The summed E-state index contributed by atoms with van der Waals surface area (Å²) in [6, 6.07) is 0. The summed E-state index contributed by atoms with van der Waals surface area (Å²) in [5, 5.41) is 0. The second-order valence-electron chi connectivity index (χ2n) is 1.35. The molecule has 0 atom stereocenters. The van der Waals surface area contributed by atoms with Crippen LogP contribution in [-0.2, 0) is 4.74 Å². The molecule has 0 unspecified atom stereocenters.